The number of fused-ring (bicyclic) bond motifs is 1. The average molecular weight is 519 g/mol. The van der Waals surface area contributed by atoms with Crippen LogP contribution in [-0.2, 0) is 14.8 Å². The Morgan fingerprint density at radius 2 is 1.71 bits per heavy atom. The predicted octanol–water partition coefficient (Wildman–Crippen LogP) is 5.61. The highest BCUT2D eigenvalue weighted by Crippen LogP contribution is 2.39. The summed E-state index contributed by atoms with van der Waals surface area (Å²) in [6, 6.07) is 19.7. The molecule has 0 bridgehead atoms. The van der Waals surface area contributed by atoms with Crippen LogP contribution in [0.5, 0.6) is 5.75 Å². The van der Waals surface area contributed by atoms with Gasteiger partial charge in [0.05, 0.1) is 26.7 Å². The van der Waals surface area contributed by atoms with E-state index < -0.39 is 28.1 Å². The summed E-state index contributed by atoms with van der Waals surface area (Å²) >= 11 is 12.5. The van der Waals surface area contributed by atoms with Crippen molar-refractivity contribution in [3.63, 3.8) is 0 Å². The zero-order valence-electron chi connectivity index (χ0n) is 18.7. The quantitative estimate of drug-likeness (QED) is 0.460. The third-order valence-electron chi connectivity index (χ3n) is 5.53. The monoisotopic (exact) mass is 518 g/mol. The number of amides is 1. The van der Waals surface area contributed by atoms with Gasteiger partial charge in [0.25, 0.3) is 10.0 Å². The van der Waals surface area contributed by atoms with Gasteiger partial charge in [-0.05, 0) is 44.2 Å². The number of hydrogen-bond donors (Lipinski definition) is 1. The number of nitrogens with zero attached hydrogens (tertiary/aromatic N) is 1. The number of carbonyl (C=O) groups is 1. The molecule has 0 radical (unpaired) electrons. The molecule has 0 aliphatic carbocycles. The van der Waals surface area contributed by atoms with E-state index in [1.807, 2.05) is 38.1 Å². The average Bonchev–Trinajstić information content (AvgIpc) is 2.79. The van der Waals surface area contributed by atoms with Gasteiger partial charge in [-0.25, -0.2) is 8.42 Å². The molecule has 3 aromatic rings. The summed E-state index contributed by atoms with van der Waals surface area (Å²) in [5, 5.41) is 3.23. The van der Waals surface area contributed by atoms with Crippen molar-refractivity contribution in [1.29, 1.82) is 0 Å². The molecular weight excluding hydrogens is 495 g/mol. The predicted molar refractivity (Wildman–Crippen MR) is 134 cm³/mol. The van der Waals surface area contributed by atoms with Crippen LogP contribution < -0.4 is 14.4 Å². The molecule has 178 valence electrons. The van der Waals surface area contributed by atoms with Crippen molar-refractivity contribution in [3.05, 3.63) is 88.4 Å². The molecule has 1 unspecified atom stereocenters. The largest absolute Gasteiger partial charge is 0.487 e. The molecule has 0 saturated carbocycles. The van der Waals surface area contributed by atoms with Crippen LogP contribution in [-0.4, -0.2) is 26.5 Å². The Labute approximate surface area is 209 Å². The number of sulfonamides is 1. The van der Waals surface area contributed by atoms with Crippen molar-refractivity contribution in [2.24, 2.45) is 0 Å². The van der Waals surface area contributed by atoms with E-state index in [0.29, 0.717) is 12.2 Å². The summed E-state index contributed by atoms with van der Waals surface area (Å²) in [5.41, 5.74) is 0.465. The van der Waals surface area contributed by atoms with Crippen molar-refractivity contribution < 1.29 is 17.9 Å². The number of anilines is 1. The number of rotatable bonds is 6. The summed E-state index contributed by atoms with van der Waals surface area (Å²) in [7, 11) is -4.11. The van der Waals surface area contributed by atoms with Gasteiger partial charge in [-0.3, -0.25) is 9.10 Å². The first-order chi connectivity index (χ1) is 16.1. The Bertz CT molecular complexity index is 1310. The normalized spacial score (nSPS) is 16.8. The van der Waals surface area contributed by atoms with E-state index in [4.69, 9.17) is 27.9 Å². The van der Waals surface area contributed by atoms with Gasteiger partial charge in [-0.2, -0.15) is 0 Å². The van der Waals surface area contributed by atoms with E-state index in [9.17, 15) is 13.2 Å². The summed E-state index contributed by atoms with van der Waals surface area (Å²) in [6.45, 7) is 3.41. The maximum absolute atomic E-state index is 13.5. The number of benzene rings is 3. The lowest BCUT2D eigenvalue weighted by molar-refractivity contribution is -0.120. The minimum Gasteiger partial charge on any atom is -0.487 e. The summed E-state index contributed by atoms with van der Waals surface area (Å²) in [6.07, 6.45) is 0.527. The van der Waals surface area contributed by atoms with Gasteiger partial charge in [-0.1, -0.05) is 65.7 Å². The molecule has 1 N–H and O–H groups in total. The molecule has 34 heavy (non-hydrogen) atoms. The molecule has 4 rings (SSSR count). The molecule has 0 saturated heterocycles. The maximum Gasteiger partial charge on any atom is 0.264 e. The van der Waals surface area contributed by atoms with Crippen molar-refractivity contribution in [1.82, 2.24) is 5.32 Å². The van der Waals surface area contributed by atoms with Gasteiger partial charge in [0, 0.05) is 12.0 Å². The minimum absolute atomic E-state index is 0.0383. The van der Waals surface area contributed by atoms with E-state index in [-0.39, 0.29) is 26.7 Å². The van der Waals surface area contributed by atoms with Gasteiger partial charge in [-0.15, -0.1) is 0 Å². The fourth-order valence-corrected chi connectivity index (χ4v) is 5.91. The Balaban J connectivity index is 1.68. The van der Waals surface area contributed by atoms with Crippen LogP contribution in [0.25, 0.3) is 0 Å². The second-order valence-corrected chi connectivity index (χ2v) is 11.3. The Hall–Kier alpha value is -2.74. The number of halogens is 2. The molecule has 6 nitrogen and oxygen atoms in total. The number of nitrogens with one attached hydrogen (secondary N) is 1. The Kier molecular flexibility index (Phi) is 6.80. The lowest BCUT2D eigenvalue weighted by atomic mass is 9.89. The summed E-state index contributed by atoms with van der Waals surface area (Å²) in [5.74, 6) is 0.212. The molecule has 3 aromatic carbocycles. The molecule has 0 spiro atoms. The number of carbonyl (C=O) groups excluding carboxylic acids is 1. The van der Waals surface area contributed by atoms with Crippen LogP contribution >= 0.6 is 23.2 Å². The number of hydrogen-bond acceptors (Lipinski definition) is 4. The molecule has 1 atom stereocenters. The zero-order valence-corrected chi connectivity index (χ0v) is 21.0. The first-order valence-electron chi connectivity index (χ1n) is 10.7. The van der Waals surface area contributed by atoms with Crippen LogP contribution in [0.2, 0.25) is 10.0 Å². The van der Waals surface area contributed by atoms with Gasteiger partial charge < -0.3 is 10.1 Å². The third-order valence-corrected chi connectivity index (χ3v) is 8.11. The van der Waals surface area contributed by atoms with Crippen molar-refractivity contribution in [2.45, 2.75) is 36.8 Å². The lowest BCUT2D eigenvalue weighted by Crippen LogP contribution is -2.45. The van der Waals surface area contributed by atoms with E-state index >= 15 is 0 Å². The second-order valence-electron chi connectivity index (χ2n) is 8.62. The summed E-state index contributed by atoms with van der Waals surface area (Å²) in [4.78, 5) is 13.3. The van der Waals surface area contributed by atoms with Crippen LogP contribution in [0, 0.1) is 0 Å². The topological polar surface area (TPSA) is 75.7 Å². The van der Waals surface area contributed by atoms with Crippen LogP contribution in [0.15, 0.2) is 77.7 Å². The lowest BCUT2D eigenvalue weighted by Gasteiger charge is -2.38. The van der Waals surface area contributed by atoms with Crippen LogP contribution in [0.1, 0.15) is 31.9 Å². The SMILES string of the molecule is CC1(C)CC(NC(=O)CN(c2cccc(Cl)c2Cl)S(=O)(=O)c2ccccc2)c2ccccc2O1. The van der Waals surface area contributed by atoms with Gasteiger partial charge >= 0.3 is 0 Å². The molecule has 1 aliphatic rings. The van der Waals surface area contributed by atoms with Crippen molar-refractivity contribution >= 4 is 44.8 Å². The standard InChI is InChI=1S/C25H24Cl2N2O4S/c1-25(2)15-20(18-11-6-7-14-22(18)33-25)28-23(30)16-29(21-13-8-12-19(26)24(21)27)34(31,32)17-9-4-3-5-10-17/h3-14,20H,15-16H2,1-2H3,(H,28,30). The van der Waals surface area contributed by atoms with Gasteiger partial charge in [0.1, 0.15) is 17.9 Å². The van der Waals surface area contributed by atoms with Crippen LogP contribution in [0.3, 0.4) is 0 Å². The number of para-hydroxylation sites is 1. The van der Waals surface area contributed by atoms with E-state index in [1.54, 1.807) is 30.3 Å². The van der Waals surface area contributed by atoms with Crippen molar-refractivity contribution in [3.8, 4) is 5.75 Å². The zero-order chi connectivity index (χ0) is 24.5. The molecule has 1 amide bonds. The van der Waals surface area contributed by atoms with Crippen molar-refractivity contribution in [2.75, 3.05) is 10.8 Å². The molecule has 0 fully saturated rings. The Morgan fingerprint density at radius 1 is 1.03 bits per heavy atom. The fraction of sp³-hybridized carbons (Fsp3) is 0.240. The Morgan fingerprint density at radius 3 is 2.44 bits per heavy atom. The fourth-order valence-electron chi connectivity index (χ4n) is 4.01. The van der Waals surface area contributed by atoms with Crippen LogP contribution in [0.4, 0.5) is 5.69 Å². The highest BCUT2D eigenvalue weighted by atomic mass is 35.5. The first kappa shape index (κ1) is 24.4. The molecule has 9 heteroatoms. The smallest absolute Gasteiger partial charge is 0.264 e. The van der Waals surface area contributed by atoms with Gasteiger partial charge in [0.15, 0.2) is 0 Å². The molecule has 1 heterocycles. The van der Waals surface area contributed by atoms with E-state index in [0.717, 1.165) is 9.87 Å². The van der Waals surface area contributed by atoms with E-state index in [2.05, 4.69) is 5.32 Å². The van der Waals surface area contributed by atoms with Gasteiger partial charge in [0.2, 0.25) is 5.91 Å². The molecule has 1 aliphatic heterocycles. The maximum atomic E-state index is 13.5. The summed E-state index contributed by atoms with van der Waals surface area (Å²) < 4.78 is 34.1. The number of ether oxygens (including phenoxy) is 1. The molecular formula is C25H24Cl2N2O4S. The second kappa shape index (κ2) is 9.49. The highest BCUT2D eigenvalue weighted by Gasteiger charge is 2.35. The minimum atomic E-state index is -4.11. The first-order valence-corrected chi connectivity index (χ1v) is 12.9. The molecule has 0 aromatic heterocycles. The van der Waals surface area contributed by atoms with E-state index in [1.165, 1.54) is 18.2 Å². The highest BCUT2D eigenvalue weighted by molar-refractivity contribution is 7.92. The third kappa shape index (κ3) is 5.02.